The molecule has 0 bridgehead atoms. The van der Waals surface area contributed by atoms with Gasteiger partial charge in [0.25, 0.3) is 0 Å². The quantitative estimate of drug-likeness (QED) is 0.787. The van der Waals surface area contributed by atoms with Crippen LogP contribution < -0.4 is 10.6 Å². The minimum Gasteiger partial charge on any atom is -0.476 e. The maximum absolute atomic E-state index is 11.6. The van der Waals surface area contributed by atoms with Crippen LogP contribution in [0, 0.1) is 0 Å². The fourth-order valence-corrected chi connectivity index (χ4v) is 1.90. The van der Waals surface area contributed by atoms with E-state index in [-0.39, 0.29) is 17.9 Å². The molecule has 0 aliphatic carbocycles. The van der Waals surface area contributed by atoms with E-state index in [9.17, 15) is 9.59 Å². The molecule has 7 nitrogen and oxygen atoms in total. The SMILES string of the molecule is O=C(NCc1nccs1)Nc1cccnc1C(=O)O. The highest BCUT2D eigenvalue weighted by atomic mass is 32.1. The van der Waals surface area contributed by atoms with Crippen LogP contribution in [0.1, 0.15) is 15.5 Å². The summed E-state index contributed by atoms with van der Waals surface area (Å²) in [5.41, 5.74) is -0.0569. The summed E-state index contributed by atoms with van der Waals surface area (Å²) >= 11 is 1.42. The summed E-state index contributed by atoms with van der Waals surface area (Å²) in [4.78, 5) is 30.2. The van der Waals surface area contributed by atoms with E-state index in [0.717, 1.165) is 5.01 Å². The molecule has 8 heteroatoms. The topological polar surface area (TPSA) is 104 Å². The molecule has 0 radical (unpaired) electrons. The van der Waals surface area contributed by atoms with Crippen molar-refractivity contribution in [3.8, 4) is 0 Å². The first-order valence-electron chi connectivity index (χ1n) is 5.28. The second-order valence-corrected chi connectivity index (χ2v) is 4.42. The molecule has 0 fully saturated rings. The number of carboxylic acids is 1. The number of aromatic carboxylic acids is 1. The Bertz CT molecular complexity index is 585. The summed E-state index contributed by atoms with van der Waals surface area (Å²) in [6.45, 7) is 0.284. The molecule has 0 aliphatic rings. The van der Waals surface area contributed by atoms with E-state index in [1.165, 1.54) is 23.6 Å². The van der Waals surface area contributed by atoms with Crippen molar-refractivity contribution < 1.29 is 14.7 Å². The summed E-state index contributed by atoms with van der Waals surface area (Å²) in [7, 11) is 0. The molecule has 0 aliphatic heterocycles. The number of hydrogen-bond donors (Lipinski definition) is 3. The van der Waals surface area contributed by atoms with Gasteiger partial charge in [-0.3, -0.25) is 0 Å². The highest BCUT2D eigenvalue weighted by Gasteiger charge is 2.13. The van der Waals surface area contributed by atoms with Crippen molar-refractivity contribution in [2.75, 3.05) is 5.32 Å². The Morgan fingerprint density at radius 1 is 1.32 bits per heavy atom. The fraction of sp³-hybridized carbons (Fsp3) is 0.0909. The second-order valence-electron chi connectivity index (χ2n) is 3.44. The van der Waals surface area contributed by atoms with Crippen LogP contribution in [0.2, 0.25) is 0 Å². The molecule has 2 amide bonds. The van der Waals surface area contributed by atoms with Crippen molar-refractivity contribution in [3.05, 3.63) is 40.6 Å². The number of pyridine rings is 1. The van der Waals surface area contributed by atoms with Gasteiger partial charge in [0.1, 0.15) is 5.01 Å². The first-order chi connectivity index (χ1) is 9.16. The van der Waals surface area contributed by atoms with Crippen molar-refractivity contribution >= 4 is 29.0 Å². The lowest BCUT2D eigenvalue weighted by Crippen LogP contribution is -2.29. The third kappa shape index (κ3) is 3.49. The lowest BCUT2D eigenvalue weighted by molar-refractivity contribution is 0.0692. The summed E-state index contributed by atoms with van der Waals surface area (Å²) in [5.74, 6) is -1.20. The molecule has 2 aromatic heterocycles. The molecule has 98 valence electrons. The molecule has 3 N–H and O–H groups in total. The number of urea groups is 1. The Morgan fingerprint density at radius 2 is 2.16 bits per heavy atom. The number of carbonyl (C=O) groups excluding carboxylic acids is 1. The van der Waals surface area contributed by atoms with Crippen LogP contribution in [-0.2, 0) is 6.54 Å². The normalized spacial score (nSPS) is 9.89. The zero-order valence-electron chi connectivity index (χ0n) is 9.66. The maximum atomic E-state index is 11.6. The van der Waals surface area contributed by atoms with Crippen LogP contribution in [0.3, 0.4) is 0 Å². The van der Waals surface area contributed by atoms with E-state index in [1.54, 1.807) is 17.6 Å². The largest absolute Gasteiger partial charge is 0.476 e. The van der Waals surface area contributed by atoms with Gasteiger partial charge in [-0.2, -0.15) is 0 Å². The number of nitrogens with zero attached hydrogens (tertiary/aromatic N) is 2. The van der Waals surface area contributed by atoms with E-state index >= 15 is 0 Å². The zero-order chi connectivity index (χ0) is 13.7. The molecule has 19 heavy (non-hydrogen) atoms. The number of carboxylic acid groups (broad SMARTS) is 1. The number of nitrogens with one attached hydrogen (secondary N) is 2. The molecule has 0 saturated carbocycles. The van der Waals surface area contributed by atoms with Gasteiger partial charge in [0, 0.05) is 17.8 Å². The first-order valence-corrected chi connectivity index (χ1v) is 6.16. The standard InChI is InChI=1S/C11H10N4O3S/c16-10(17)9-7(2-1-3-13-9)15-11(18)14-6-8-12-4-5-19-8/h1-5H,6H2,(H,16,17)(H2,14,15,18). The van der Waals surface area contributed by atoms with Crippen LogP contribution in [0.5, 0.6) is 0 Å². The Morgan fingerprint density at radius 3 is 2.84 bits per heavy atom. The van der Waals surface area contributed by atoms with Gasteiger partial charge in [-0.15, -0.1) is 11.3 Å². The monoisotopic (exact) mass is 278 g/mol. The van der Waals surface area contributed by atoms with Gasteiger partial charge in [-0.05, 0) is 12.1 Å². The van der Waals surface area contributed by atoms with Crippen LogP contribution in [-0.4, -0.2) is 27.1 Å². The molecule has 0 atom stereocenters. The Kier molecular flexibility index (Phi) is 4.04. The molecule has 2 rings (SSSR count). The summed E-state index contributed by atoms with van der Waals surface area (Å²) in [5, 5.41) is 16.5. The predicted molar refractivity (Wildman–Crippen MR) is 69.2 cm³/mol. The number of aromatic nitrogens is 2. The molecule has 0 aromatic carbocycles. The average molecular weight is 278 g/mol. The number of anilines is 1. The Labute approximate surface area is 112 Å². The number of carbonyl (C=O) groups is 2. The molecular weight excluding hydrogens is 268 g/mol. The van der Waals surface area contributed by atoms with Crippen LogP contribution in [0.4, 0.5) is 10.5 Å². The third-order valence-corrected chi connectivity index (χ3v) is 2.92. The molecular formula is C11H10N4O3S. The van der Waals surface area contributed by atoms with Gasteiger partial charge in [0.15, 0.2) is 5.69 Å². The molecule has 2 aromatic rings. The molecule has 0 spiro atoms. The van der Waals surface area contributed by atoms with Gasteiger partial charge in [0.2, 0.25) is 0 Å². The molecule has 0 saturated heterocycles. The van der Waals surface area contributed by atoms with E-state index in [1.807, 2.05) is 0 Å². The fourth-order valence-electron chi connectivity index (χ4n) is 1.34. The van der Waals surface area contributed by atoms with E-state index in [4.69, 9.17) is 5.11 Å². The highest BCUT2D eigenvalue weighted by molar-refractivity contribution is 7.09. The molecule has 2 heterocycles. The van der Waals surface area contributed by atoms with Crippen LogP contribution >= 0.6 is 11.3 Å². The second kappa shape index (κ2) is 5.91. The summed E-state index contributed by atoms with van der Waals surface area (Å²) < 4.78 is 0. The minimum absolute atomic E-state index is 0.145. The van der Waals surface area contributed by atoms with Crippen molar-refractivity contribution in [2.45, 2.75) is 6.54 Å². The average Bonchev–Trinajstić information content (AvgIpc) is 2.90. The lowest BCUT2D eigenvalue weighted by Gasteiger charge is -2.08. The summed E-state index contributed by atoms with van der Waals surface area (Å²) in [6.07, 6.45) is 2.99. The number of amides is 2. The van der Waals surface area contributed by atoms with E-state index in [0.29, 0.717) is 0 Å². The van der Waals surface area contributed by atoms with Gasteiger partial charge < -0.3 is 15.7 Å². The minimum atomic E-state index is -1.20. The Balaban J connectivity index is 1.97. The number of rotatable bonds is 4. The lowest BCUT2D eigenvalue weighted by atomic mass is 10.3. The molecule has 0 unspecified atom stereocenters. The van der Waals surface area contributed by atoms with E-state index < -0.39 is 12.0 Å². The predicted octanol–water partition coefficient (Wildman–Crippen LogP) is 1.56. The Hall–Kier alpha value is -2.48. The van der Waals surface area contributed by atoms with Gasteiger partial charge in [-0.1, -0.05) is 0 Å². The van der Waals surface area contributed by atoms with Crippen molar-refractivity contribution in [2.24, 2.45) is 0 Å². The first kappa shape index (κ1) is 13.0. The zero-order valence-corrected chi connectivity index (χ0v) is 10.5. The van der Waals surface area contributed by atoms with E-state index in [2.05, 4.69) is 20.6 Å². The third-order valence-electron chi connectivity index (χ3n) is 2.14. The smallest absolute Gasteiger partial charge is 0.356 e. The van der Waals surface area contributed by atoms with Crippen molar-refractivity contribution in [1.29, 1.82) is 0 Å². The van der Waals surface area contributed by atoms with Crippen molar-refractivity contribution in [1.82, 2.24) is 15.3 Å². The van der Waals surface area contributed by atoms with Gasteiger partial charge in [-0.25, -0.2) is 19.6 Å². The maximum Gasteiger partial charge on any atom is 0.356 e. The number of hydrogen-bond acceptors (Lipinski definition) is 5. The van der Waals surface area contributed by atoms with Crippen LogP contribution in [0.25, 0.3) is 0 Å². The van der Waals surface area contributed by atoms with Gasteiger partial charge in [0.05, 0.1) is 12.2 Å². The van der Waals surface area contributed by atoms with Crippen molar-refractivity contribution in [3.63, 3.8) is 0 Å². The highest BCUT2D eigenvalue weighted by Crippen LogP contribution is 2.11. The van der Waals surface area contributed by atoms with Crippen LogP contribution in [0.15, 0.2) is 29.9 Å². The summed E-state index contributed by atoms with van der Waals surface area (Å²) in [6, 6.07) is 2.51. The van der Waals surface area contributed by atoms with Gasteiger partial charge >= 0.3 is 12.0 Å². The number of thiazole rings is 1.